The Hall–Kier alpha value is -2.54. The molecule has 24 heavy (non-hydrogen) atoms. The van der Waals surface area contributed by atoms with E-state index in [0.29, 0.717) is 34.0 Å². The van der Waals surface area contributed by atoms with Crippen LogP contribution in [-0.2, 0) is 10.0 Å². The van der Waals surface area contributed by atoms with Gasteiger partial charge in [0.15, 0.2) is 11.5 Å². The van der Waals surface area contributed by atoms with Crippen molar-refractivity contribution in [2.45, 2.75) is 25.7 Å². The minimum atomic E-state index is -3.72. The zero-order chi connectivity index (χ0) is 17.5. The highest BCUT2D eigenvalue weighted by atomic mass is 32.2. The van der Waals surface area contributed by atoms with Crippen LogP contribution in [0.5, 0.6) is 5.75 Å². The summed E-state index contributed by atoms with van der Waals surface area (Å²) in [4.78, 5) is 4.41. The molecule has 1 N–H and O–H groups in total. The highest BCUT2D eigenvalue weighted by molar-refractivity contribution is 7.92. The normalized spacial score (nSPS) is 11.7. The quantitative estimate of drug-likeness (QED) is 0.781. The Morgan fingerprint density at radius 1 is 1.08 bits per heavy atom. The van der Waals surface area contributed by atoms with Crippen LogP contribution in [0, 0.1) is 20.8 Å². The van der Waals surface area contributed by atoms with Crippen LogP contribution < -0.4 is 9.46 Å². The van der Waals surface area contributed by atoms with Gasteiger partial charge in [-0.1, -0.05) is 0 Å². The van der Waals surface area contributed by atoms with Gasteiger partial charge in [0.25, 0.3) is 10.0 Å². The minimum Gasteiger partial charge on any atom is -0.496 e. The van der Waals surface area contributed by atoms with Crippen LogP contribution in [0.1, 0.15) is 17.0 Å². The largest absolute Gasteiger partial charge is 0.496 e. The van der Waals surface area contributed by atoms with Crippen LogP contribution in [0.25, 0.3) is 11.1 Å². The molecule has 2 aromatic carbocycles. The first kappa shape index (κ1) is 16.3. The highest BCUT2D eigenvalue weighted by Gasteiger charge is 2.19. The number of aryl methyl sites for hydroxylation is 3. The number of ether oxygens (including phenoxy) is 1. The lowest BCUT2D eigenvalue weighted by Crippen LogP contribution is -2.14. The van der Waals surface area contributed by atoms with Gasteiger partial charge in [0.2, 0.25) is 0 Å². The summed E-state index contributed by atoms with van der Waals surface area (Å²) in [6, 6.07) is 8.32. The van der Waals surface area contributed by atoms with E-state index in [9.17, 15) is 8.42 Å². The number of methoxy groups -OCH3 is 1. The average Bonchev–Trinajstić information content (AvgIpc) is 2.88. The van der Waals surface area contributed by atoms with E-state index in [1.54, 1.807) is 58.2 Å². The van der Waals surface area contributed by atoms with Crippen LogP contribution >= 0.6 is 0 Å². The number of anilines is 1. The van der Waals surface area contributed by atoms with Crippen molar-refractivity contribution in [3.05, 3.63) is 47.3 Å². The maximum absolute atomic E-state index is 12.7. The van der Waals surface area contributed by atoms with E-state index in [4.69, 9.17) is 9.15 Å². The molecule has 0 fully saturated rings. The van der Waals surface area contributed by atoms with E-state index >= 15 is 0 Å². The summed E-state index contributed by atoms with van der Waals surface area (Å²) < 4.78 is 38.7. The molecule has 0 saturated carbocycles. The van der Waals surface area contributed by atoms with Crippen molar-refractivity contribution in [3.63, 3.8) is 0 Å². The Morgan fingerprint density at radius 2 is 1.83 bits per heavy atom. The van der Waals surface area contributed by atoms with Crippen molar-refractivity contribution < 1.29 is 17.6 Å². The summed E-state index contributed by atoms with van der Waals surface area (Å²) in [5.41, 5.74) is 3.01. The molecule has 0 aliphatic heterocycles. The summed E-state index contributed by atoms with van der Waals surface area (Å²) in [6.45, 7) is 5.29. The number of nitrogens with zero attached hydrogens (tertiary/aromatic N) is 1. The monoisotopic (exact) mass is 346 g/mol. The number of fused-ring (bicyclic) bond motifs is 1. The van der Waals surface area contributed by atoms with Gasteiger partial charge in [0.05, 0.1) is 17.7 Å². The van der Waals surface area contributed by atoms with Crippen molar-refractivity contribution in [2.24, 2.45) is 0 Å². The van der Waals surface area contributed by atoms with Crippen molar-refractivity contribution in [3.8, 4) is 5.75 Å². The maximum atomic E-state index is 12.7. The Kier molecular flexibility index (Phi) is 3.96. The van der Waals surface area contributed by atoms with Crippen LogP contribution in [0.4, 0.5) is 5.69 Å². The van der Waals surface area contributed by atoms with Crippen LogP contribution in [0.15, 0.2) is 39.6 Å². The molecule has 0 atom stereocenters. The number of hydrogen-bond acceptors (Lipinski definition) is 5. The molecule has 3 rings (SSSR count). The van der Waals surface area contributed by atoms with E-state index in [2.05, 4.69) is 9.71 Å². The second-order valence-electron chi connectivity index (χ2n) is 5.61. The fourth-order valence-electron chi connectivity index (χ4n) is 2.59. The van der Waals surface area contributed by atoms with Gasteiger partial charge in [-0.2, -0.15) is 0 Å². The van der Waals surface area contributed by atoms with E-state index in [1.807, 2.05) is 0 Å². The topological polar surface area (TPSA) is 81.4 Å². The first-order valence-electron chi connectivity index (χ1n) is 7.35. The molecule has 6 nitrogen and oxygen atoms in total. The average molecular weight is 346 g/mol. The maximum Gasteiger partial charge on any atom is 0.262 e. The molecule has 3 aromatic rings. The summed E-state index contributed by atoms with van der Waals surface area (Å²) in [5, 5.41) is 0. The Balaban J connectivity index is 1.99. The third kappa shape index (κ3) is 2.94. The Morgan fingerprint density at radius 3 is 2.54 bits per heavy atom. The number of sulfonamides is 1. The lowest BCUT2D eigenvalue weighted by atomic mass is 10.1. The number of hydrogen-bond donors (Lipinski definition) is 1. The molecule has 0 bridgehead atoms. The lowest BCUT2D eigenvalue weighted by molar-refractivity contribution is 0.411. The molecule has 1 heterocycles. The molecular formula is C17H18N2O4S. The number of aromatic nitrogens is 1. The molecular weight excluding hydrogens is 328 g/mol. The van der Waals surface area contributed by atoms with Gasteiger partial charge in [0.1, 0.15) is 11.3 Å². The number of oxazole rings is 1. The van der Waals surface area contributed by atoms with E-state index in [1.165, 1.54) is 0 Å². The van der Waals surface area contributed by atoms with Crippen LogP contribution in [0.3, 0.4) is 0 Å². The van der Waals surface area contributed by atoms with E-state index < -0.39 is 10.0 Å². The van der Waals surface area contributed by atoms with Gasteiger partial charge in [-0.3, -0.25) is 4.72 Å². The minimum absolute atomic E-state index is 0.217. The van der Waals surface area contributed by atoms with Gasteiger partial charge >= 0.3 is 0 Å². The molecule has 0 radical (unpaired) electrons. The summed E-state index contributed by atoms with van der Waals surface area (Å²) in [6.07, 6.45) is 0. The van der Waals surface area contributed by atoms with Gasteiger partial charge in [-0.15, -0.1) is 0 Å². The van der Waals surface area contributed by atoms with Crippen molar-refractivity contribution in [1.29, 1.82) is 0 Å². The molecule has 0 aliphatic carbocycles. The number of benzene rings is 2. The molecule has 1 aromatic heterocycles. The van der Waals surface area contributed by atoms with Crippen LogP contribution in [0.2, 0.25) is 0 Å². The smallest absolute Gasteiger partial charge is 0.262 e. The van der Waals surface area contributed by atoms with Gasteiger partial charge in [-0.05, 0) is 49.2 Å². The van der Waals surface area contributed by atoms with Gasteiger partial charge in [-0.25, -0.2) is 13.4 Å². The summed E-state index contributed by atoms with van der Waals surface area (Å²) >= 11 is 0. The summed E-state index contributed by atoms with van der Waals surface area (Å²) in [7, 11) is -2.16. The van der Waals surface area contributed by atoms with Crippen molar-refractivity contribution in [2.75, 3.05) is 11.8 Å². The third-order valence-corrected chi connectivity index (χ3v) is 5.25. The van der Waals surface area contributed by atoms with Gasteiger partial charge in [0, 0.05) is 13.0 Å². The second-order valence-corrected chi connectivity index (χ2v) is 7.26. The predicted molar refractivity (Wildman–Crippen MR) is 92.0 cm³/mol. The molecule has 0 saturated heterocycles. The van der Waals surface area contributed by atoms with Gasteiger partial charge < -0.3 is 9.15 Å². The second kappa shape index (κ2) is 5.83. The standard InChI is InChI=1S/C17H18N2O4S/c1-10-8-17(11(2)7-15(10)22-4)24(20,21)19-13-5-6-14-16(9-13)23-12(3)18-14/h5-9,19H,1-4H3. The SMILES string of the molecule is COc1cc(C)c(S(=O)(=O)Nc2ccc3nc(C)oc3c2)cc1C. The molecule has 7 heteroatoms. The molecule has 0 spiro atoms. The Labute approximate surface area is 140 Å². The predicted octanol–water partition coefficient (Wildman–Crippen LogP) is 3.56. The fourth-order valence-corrected chi connectivity index (χ4v) is 3.95. The highest BCUT2D eigenvalue weighted by Crippen LogP contribution is 2.28. The fraction of sp³-hybridized carbons (Fsp3) is 0.235. The first-order chi connectivity index (χ1) is 11.3. The molecule has 0 unspecified atom stereocenters. The third-order valence-electron chi connectivity index (χ3n) is 3.73. The van der Waals surface area contributed by atoms with Crippen molar-refractivity contribution >= 4 is 26.8 Å². The Bertz CT molecular complexity index is 1020. The van der Waals surface area contributed by atoms with E-state index in [0.717, 1.165) is 5.56 Å². The number of nitrogens with one attached hydrogen (secondary N) is 1. The summed E-state index contributed by atoms with van der Waals surface area (Å²) in [5.74, 6) is 1.19. The lowest BCUT2D eigenvalue weighted by Gasteiger charge is -2.13. The zero-order valence-corrected chi connectivity index (χ0v) is 14.7. The molecule has 0 amide bonds. The molecule has 0 aliphatic rings. The van der Waals surface area contributed by atoms with Crippen LogP contribution in [-0.4, -0.2) is 20.5 Å². The van der Waals surface area contributed by atoms with E-state index in [-0.39, 0.29) is 4.90 Å². The molecule has 126 valence electrons. The first-order valence-corrected chi connectivity index (χ1v) is 8.84. The number of rotatable bonds is 4. The van der Waals surface area contributed by atoms with Crippen molar-refractivity contribution in [1.82, 2.24) is 4.98 Å². The zero-order valence-electron chi connectivity index (χ0n) is 13.9.